The maximum atomic E-state index is 12.6. The van der Waals surface area contributed by atoms with Crippen LogP contribution in [-0.2, 0) is 0 Å². The minimum Gasteiger partial charge on any atom is -0.495 e. The van der Waals surface area contributed by atoms with Gasteiger partial charge in [-0.05, 0) is 43.7 Å². The van der Waals surface area contributed by atoms with Crippen molar-refractivity contribution in [1.29, 1.82) is 0 Å². The number of hydrogen-bond donors (Lipinski definition) is 1. The summed E-state index contributed by atoms with van der Waals surface area (Å²) in [6, 6.07) is 11.0. The summed E-state index contributed by atoms with van der Waals surface area (Å²) in [6.07, 6.45) is 3.47. The van der Waals surface area contributed by atoms with Crippen LogP contribution in [-0.4, -0.2) is 29.6 Å². The molecule has 1 heterocycles. The molecule has 1 aromatic carbocycles. The van der Waals surface area contributed by atoms with Crippen molar-refractivity contribution in [2.45, 2.75) is 19.9 Å². The molecule has 2 rings (SSSR count). The Kier molecular flexibility index (Phi) is 5.36. The maximum Gasteiger partial charge on any atom is 0.322 e. The fraction of sp³-hybridized carbons (Fsp3) is 0.294. The third-order valence-electron chi connectivity index (χ3n) is 3.61. The maximum absolute atomic E-state index is 12.6. The Labute approximate surface area is 130 Å². The van der Waals surface area contributed by atoms with Crippen LogP contribution in [0.3, 0.4) is 0 Å². The lowest BCUT2D eigenvalue weighted by Gasteiger charge is -2.28. The Morgan fingerprint density at radius 2 is 1.95 bits per heavy atom. The molecule has 22 heavy (non-hydrogen) atoms. The van der Waals surface area contributed by atoms with Crippen molar-refractivity contribution in [3.05, 3.63) is 54.4 Å². The van der Waals surface area contributed by atoms with Gasteiger partial charge < -0.3 is 15.0 Å². The highest BCUT2D eigenvalue weighted by atomic mass is 16.5. The highest BCUT2D eigenvalue weighted by Crippen LogP contribution is 2.25. The highest BCUT2D eigenvalue weighted by Gasteiger charge is 2.20. The van der Waals surface area contributed by atoms with Gasteiger partial charge in [0.2, 0.25) is 0 Å². The number of urea groups is 1. The van der Waals surface area contributed by atoms with E-state index in [1.807, 2.05) is 50.2 Å². The van der Waals surface area contributed by atoms with Crippen molar-refractivity contribution < 1.29 is 9.53 Å². The zero-order valence-corrected chi connectivity index (χ0v) is 13.1. The number of rotatable bonds is 5. The number of nitrogens with zero attached hydrogens (tertiary/aromatic N) is 2. The minimum absolute atomic E-state index is 0.0392. The largest absolute Gasteiger partial charge is 0.495 e. The van der Waals surface area contributed by atoms with Gasteiger partial charge in [-0.3, -0.25) is 4.98 Å². The van der Waals surface area contributed by atoms with E-state index in [4.69, 9.17) is 4.74 Å². The van der Waals surface area contributed by atoms with Crippen LogP contribution in [0.1, 0.15) is 25.5 Å². The number of amides is 2. The second kappa shape index (κ2) is 7.45. The smallest absolute Gasteiger partial charge is 0.322 e. The van der Waals surface area contributed by atoms with Crippen LogP contribution in [0, 0.1) is 0 Å². The number of carbonyl (C=O) groups is 1. The molecule has 0 radical (unpaired) electrons. The lowest BCUT2D eigenvalue weighted by molar-refractivity contribution is 0.197. The molecule has 0 spiro atoms. The van der Waals surface area contributed by atoms with E-state index in [0.717, 1.165) is 5.56 Å². The molecule has 1 aromatic heterocycles. The summed E-state index contributed by atoms with van der Waals surface area (Å²) in [7, 11) is 1.59. The summed E-state index contributed by atoms with van der Waals surface area (Å²) in [4.78, 5) is 18.3. The number of benzene rings is 1. The normalized spacial score (nSPS) is 11.6. The number of para-hydroxylation sites is 2. The van der Waals surface area contributed by atoms with Crippen LogP contribution in [0.4, 0.5) is 10.5 Å². The molecule has 1 atom stereocenters. The van der Waals surface area contributed by atoms with E-state index in [9.17, 15) is 4.79 Å². The van der Waals surface area contributed by atoms with Crippen molar-refractivity contribution in [1.82, 2.24) is 9.88 Å². The number of ether oxygens (including phenoxy) is 1. The van der Waals surface area contributed by atoms with Crippen LogP contribution >= 0.6 is 0 Å². The number of anilines is 1. The van der Waals surface area contributed by atoms with Gasteiger partial charge in [0.05, 0.1) is 18.8 Å². The van der Waals surface area contributed by atoms with E-state index in [1.165, 1.54) is 0 Å². The van der Waals surface area contributed by atoms with Crippen molar-refractivity contribution in [3.8, 4) is 5.75 Å². The van der Waals surface area contributed by atoms with Crippen LogP contribution in [0.2, 0.25) is 0 Å². The Morgan fingerprint density at radius 3 is 2.59 bits per heavy atom. The highest BCUT2D eigenvalue weighted by molar-refractivity contribution is 5.91. The van der Waals surface area contributed by atoms with Crippen molar-refractivity contribution in [2.75, 3.05) is 19.0 Å². The van der Waals surface area contributed by atoms with Crippen LogP contribution in [0.5, 0.6) is 5.75 Å². The molecule has 0 unspecified atom stereocenters. The Balaban J connectivity index is 2.15. The number of aromatic nitrogens is 1. The van der Waals surface area contributed by atoms with E-state index in [2.05, 4.69) is 10.3 Å². The average Bonchev–Trinajstić information content (AvgIpc) is 2.56. The first-order valence-electron chi connectivity index (χ1n) is 7.28. The molecule has 1 N–H and O–H groups in total. The van der Waals surface area contributed by atoms with E-state index in [1.54, 1.807) is 24.4 Å². The van der Waals surface area contributed by atoms with Crippen LogP contribution in [0.25, 0.3) is 0 Å². The molecule has 0 aliphatic rings. The molecular formula is C17H21N3O2. The van der Waals surface area contributed by atoms with E-state index in [-0.39, 0.29) is 12.1 Å². The van der Waals surface area contributed by atoms with E-state index < -0.39 is 0 Å². The first-order chi connectivity index (χ1) is 10.7. The Hall–Kier alpha value is -2.56. The zero-order chi connectivity index (χ0) is 15.9. The number of nitrogens with one attached hydrogen (secondary N) is 1. The van der Waals surface area contributed by atoms with Gasteiger partial charge in [0.25, 0.3) is 0 Å². The predicted molar refractivity (Wildman–Crippen MR) is 87.0 cm³/mol. The molecular weight excluding hydrogens is 278 g/mol. The Bertz CT molecular complexity index is 616. The van der Waals surface area contributed by atoms with E-state index in [0.29, 0.717) is 18.0 Å². The molecule has 2 aromatic rings. The van der Waals surface area contributed by atoms with Crippen LogP contribution < -0.4 is 10.1 Å². The minimum atomic E-state index is -0.156. The number of pyridine rings is 1. The molecule has 0 bridgehead atoms. The van der Waals surface area contributed by atoms with Gasteiger partial charge >= 0.3 is 6.03 Å². The van der Waals surface area contributed by atoms with Gasteiger partial charge in [0.15, 0.2) is 0 Å². The molecule has 0 fully saturated rings. The second-order valence-electron chi connectivity index (χ2n) is 4.87. The molecule has 5 nitrogen and oxygen atoms in total. The van der Waals surface area contributed by atoms with Crippen molar-refractivity contribution in [2.24, 2.45) is 0 Å². The quantitative estimate of drug-likeness (QED) is 0.915. The van der Waals surface area contributed by atoms with Gasteiger partial charge in [-0.15, -0.1) is 0 Å². The molecule has 0 aliphatic carbocycles. The summed E-state index contributed by atoms with van der Waals surface area (Å²) in [5.74, 6) is 0.642. The molecule has 0 saturated heterocycles. The van der Waals surface area contributed by atoms with Crippen LogP contribution in [0.15, 0.2) is 48.8 Å². The van der Waals surface area contributed by atoms with E-state index >= 15 is 0 Å². The Morgan fingerprint density at radius 1 is 1.27 bits per heavy atom. The van der Waals surface area contributed by atoms with Crippen molar-refractivity contribution in [3.63, 3.8) is 0 Å². The molecule has 5 heteroatoms. The summed E-state index contributed by atoms with van der Waals surface area (Å²) < 4.78 is 5.26. The third kappa shape index (κ3) is 3.55. The summed E-state index contributed by atoms with van der Waals surface area (Å²) in [5, 5.41) is 2.91. The summed E-state index contributed by atoms with van der Waals surface area (Å²) in [6.45, 7) is 4.56. The fourth-order valence-corrected chi connectivity index (χ4v) is 2.35. The summed E-state index contributed by atoms with van der Waals surface area (Å²) in [5.41, 5.74) is 1.71. The van der Waals surface area contributed by atoms with Gasteiger partial charge in [-0.2, -0.15) is 0 Å². The lowest BCUT2D eigenvalue weighted by Crippen LogP contribution is -2.37. The average molecular weight is 299 g/mol. The number of carbonyl (C=O) groups excluding carboxylic acids is 1. The summed E-state index contributed by atoms with van der Waals surface area (Å²) >= 11 is 0. The molecule has 0 saturated carbocycles. The van der Waals surface area contributed by atoms with Crippen molar-refractivity contribution >= 4 is 11.7 Å². The molecule has 0 aliphatic heterocycles. The zero-order valence-electron chi connectivity index (χ0n) is 13.1. The predicted octanol–water partition coefficient (Wildman–Crippen LogP) is 3.71. The number of hydrogen-bond acceptors (Lipinski definition) is 3. The van der Waals surface area contributed by atoms with Gasteiger partial charge in [-0.25, -0.2) is 4.79 Å². The second-order valence-corrected chi connectivity index (χ2v) is 4.87. The SMILES string of the molecule is CCN(C(=O)Nc1ccccc1OC)[C@@H](C)c1ccncc1. The topological polar surface area (TPSA) is 54.5 Å². The standard InChI is InChI=1S/C17H21N3O2/c1-4-20(13(2)14-9-11-18-12-10-14)17(21)19-15-7-5-6-8-16(15)22-3/h5-13H,4H2,1-3H3,(H,19,21)/t13-/m0/s1. The number of methoxy groups -OCH3 is 1. The van der Waals surface area contributed by atoms with Gasteiger partial charge in [0.1, 0.15) is 5.75 Å². The first-order valence-corrected chi connectivity index (χ1v) is 7.28. The third-order valence-corrected chi connectivity index (χ3v) is 3.61. The molecule has 2 amide bonds. The van der Waals surface area contributed by atoms with Gasteiger partial charge in [0, 0.05) is 18.9 Å². The lowest BCUT2D eigenvalue weighted by atomic mass is 10.1. The van der Waals surface area contributed by atoms with Gasteiger partial charge in [-0.1, -0.05) is 12.1 Å². The molecule has 116 valence electrons. The fourth-order valence-electron chi connectivity index (χ4n) is 2.35. The first kappa shape index (κ1) is 15.8. The monoisotopic (exact) mass is 299 g/mol.